The zero-order valence-electron chi connectivity index (χ0n) is 20.8. The minimum Gasteiger partial charge on any atom is -0.347 e. The summed E-state index contributed by atoms with van der Waals surface area (Å²) in [5.41, 5.74) is 2.13. The molecular weight excluding hydrogens is 462 g/mol. The molecule has 2 aromatic carbocycles. The average Bonchev–Trinajstić information content (AvgIpc) is 2.86. The lowest BCUT2D eigenvalue weighted by Crippen LogP contribution is -2.52. The Balaban J connectivity index is 1.31. The van der Waals surface area contributed by atoms with Crippen molar-refractivity contribution >= 4 is 15.9 Å². The van der Waals surface area contributed by atoms with E-state index in [0.717, 1.165) is 43.9 Å². The van der Waals surface area contributed by atoms with Crippen LogP contribution in [0.15, 0.2) is 59.5 Å². The smallest absolute Gasteiger partial charge is 0.243 e. The van der Waals surface area contributed by atoms with Crippen LogP contribution in [0, 0.1) is 6.92 Å². The maximum atomic E-state index is 13.0. The van der Waals surface area contributed by atoms with Crippen molar-refractivity contribution in [2.45, 2.75) is 17.9 Å². The number of carbonyl (C=O) groups is 1. The summed E-state index contributed by atoms with van der Waals surface area (Å²) in [6.45, 7) is 8.88. The van der Waals surface area contributed by atoms with Gasteiger partial charge in [-0.1, -0.05) is 48.0 Å². The lowest BCUT2D eigenvalue weighted by Gasteiger charge is -2.36. The van der Waals surface area contributed by atoms with Crippen LogP contribution in [0.1, 0.15) is 17.2 Å². The lowest BCUT2D eigenvalue weighted by molar-refractivity contribution is -0.123. The molecule has 0 bridgehead atoms. The number of piperazine rings is 2. The van der Waals surface area contributed by atoms with E-state index in [-0.39, 0.29) is 18.5 Å². The summed E-state index contributed by atoms with van der Waals surface area (Å²) in [5.74, 6) is -0.0252. The highest BCUT2D eigenvalue weighted by Gasteiger charge is 2.29. The summed E-state index contributed by atoms with van der Waals surface area (Å²) in [4.78, 5) is 20.1. The van der Waals surface area contributed by atoms with E-state index in [4.69, 9.17) is 0 Å². The van der Waals surface area contributed by atoms with E-state index in [2.05, 4.69) is 34.3 Å². The van der Waals surface area contributed by atoms with E-state index in [1.165, 1.54) is 4.31 Å². The molecule has 2 aromatic rings. The molecule has 2 heterocycles. The van der Waals surface area contributed by atoms with Crippen LogP contribution in [0.2, 0.25) is 0 Å². The third-order valence-electron chi connectivity index (χ3n) is 6.93. The first-order valence-corrected chi connectivity index (χ1v) is 13.8. The van der Waals surface area contributed by atoms with Crippen LogP contribution in [0.3, 0.4) is 0 Å². The number of hydrogen-bond acceptors (Lipinski definition) is 6. The van der Waals surface area contributed by atoms with Crippen LogP contribution in [-0.4, -0.2) is 106 Å². The van der Waals surface area contributed by atoms with E-state index in [0.29, 0.717) is 31.1 Å². The van der Waals surface area contributed by atoms with E-state index >= 15 is 0 Å². The molecule has 0 saturated carbocycles. The Hall–Kier alpha value is -2.30. The minimum atomic E-state index is -3.51. The summed E-state index contributed by atoms with van der Waals surface area (Å²) in [5, 5.41) is 3.24. The van der Waals surface area contributed by atoms with Crippen molar-refractivity contribution in [3.8, 4) is 0 Å². The average molecular weight is 500 g/mol. The fourth-order valence-corrected chi connectivity index (χ4v) is 6.06. The minimum absolute atomic E-state index is 0.0252. The second-order valence-electron chi connectivity index (χ2n) is 9.63. The summed E-state index contributed by atoms with van der Waals surface area (Å²) < 4.78 is 27.4. The van der Waals surface area contributed by atoms with Crippen molar-refractivity contribution in [3.05, 3.63) is 65.7 Å². The molecule has 1 N–H and O–H groups in total. The first kappa shape index (κ1) is 25.8. The number of nitrogens with zero attached hydrogens (tertiary/aromatic N) is 4. The van der Waals surface area contributed by atoms with E-state index < -0.39 is 10.0 Å². The molecule has 2 saturated heterocycles. The molecule has 35 heavy (non-hydrogen) atoms. The molecule has 190 valence electrons. The zero-order valence-corrected chi connectivity index (χ0v) is 21.6. The Kier molecular flexibility index (Phi) is 8.56. The van der Waals surface area contributed by atoms with Gasteiger partial charge < -0.3 is 10.2 Å². The summed E-state index contributed by atoms with van der Waals surface area (Å²) >= 11 is 0. The molecule has 0 radical (unpaired) electrons. The highest BCUT2D eigenvalue weighted by molar-refractivity contribution is 7.89. The van der Waals surface area contributed by atoms with Crippen molar-refractivity contribution < 1.29 is 13.2 Å². The number of hydrogen-bond donors (Lipinski definition) is 1. The van der Waals surface area contributed by atoms with Gasteiger partial charge in [-0.2, -0.15) is 4.31 Å². The SMILES string of the molecule is Cc1ccc(S(=O)(=O)N2CCN(CC(=O)NC(CN3CCN(C)CC3)c3ccccc3)CC2)cc1. The molecular formula is C26H37N5O3S. The second-order valence-corrected chi connectivity index (χ2v) is 11.6. The third kappa shape index (κ3) is 6.89. The maximum Gasteiger partial charge on any atom is 0.243 e. The number of sulfonamides is 1. The van der Waals surface area contributed by atoms with Gasteiger partial charge in [0.15, 0.2) is 0 Å². The van der Waals surface area contributed by atoms with Crippen LogP contribution < -0.4 is 5.32 Å². The van der Waals surface area contributed by atoms with E-state index in [1.807, 2.05) is 42.2 Å². The number of rotatable bonds is 8. The van der Waals surface area contributed by atoms with Crippen LogP contribution in [-0.2, 0) is 14.8 Å². The zero-order chi connectivity index (χ0) is 24.8. The molecule has 0 aromatic heterocycles. The monoisotopic (exact) mass is 499 g/mol. The molecule has 2 fully saturated rings. The lowest BCUT2D eigenvalue weighted by atomic mass is 10.1. The molecule has 1 atom stereocenters. The van der Waals surface area contributed by atoms with Gasteiger partial charge in [0.25, 0.3) is 0 Å². The van der Waals surface area contributed by atoms with Gasteiger partial charge in [0.05, 0.1) is 17.5 Å². The van der Waals surface area contributed by atoms with Crippen molar-refractivity contribution in [1.29, 1.82) is 0 Å². The number of amides is 1. The molecule has 4 rings (SSSR count). The number of benzene rings is 2. The molecule has 8 nitrogen and oxygen atoms in total. The van der Waals surface area contributed by atoms with Gasteiger partial charge >= 0.3 is 0 Å². The number of nitrogens with one attached hydrogen (secondary N) is 1. The quantitative estimate of drug-likeness (QED) is 0.592. The second kappa shape index (κ2) is 11.6. The summed E-state index contributed by atoms with van der Waals surface area (Å²) in [7, 11) is -1.37. The van der Waals surface area contributed by atoms with Crippen molar-refractivity contribution in [1.82, 2.24) is 24.3 Å². The third-order valence-corrected chi connectivity index (χ3v) is 8.84. The van der Waals surface area contributed by atoms with Crippen LogP contribution in [0.25, 0.3) is 0 Å². The summed E-state index contributed by atoms with van der Waals surface area (Å²) in [6.07, 6.45) is 0. The molecule has 1 unspecified atom stereocenters. The first-order valence-electron chi connectivity index (χ1n) is 12.4. The van der Waals surface area contributed by atoms with E-state index in [1.54, 1.807) is 12.1 Å². The molecule has 9 heteroatoms. The fraction of sp³-hybridized carbons (Fsp3) is 0.500. The Morgan fingerprint density at radius 3 is 2.09 bits per heavy atom. The van der Waals surface area contributed by atoms with Crippen LogP contribution >= 0.6 is 0 Å². The largest absolute Gasteiger partial charge is 0.347 e. The van der Waals surface area contributed by atoms with Crippen molar-refractivity contribution in [2.75, 3.05) is 72.5 Å². The first-order chi connectivity index (χ1) is 16.8. The van der Waals surface area contributed by atoms with Crippen LogP contribution in [0.4, 0.5) is 0 Å². The highest BCUT2D eigenvalue weighted by Crippen LogP contribution is 2.19. The molecule has 2 aliphatic rings. The number of carbonyl (C=O) groups excluding carboxylic acids is 1. The Bertz CT molecular complexity index is 1060. The van der Waals surface area contributed by atoms with Crippen molar-refractivity contribution in [3.63, 3.8) is 0 Å². The van der Waals surface area contributed by atoms with E-state index in [9.17, 15) is 13.2 Å². The van der Waals surface area contributed by atoms with Gasteiger partial charge in [-0.05, 0) is 31.7 Å². The Labute approximate surface area is 209 Å². The molecule has 1 amide bonds. The van der Waals surface area contributed by atoms with Crippen molar-refractivity contribution in [2.24, 2.45) is 0 Å². The fourth-order valence-electron chi connectivity index (χ4n) is 4.64. The van der Waals surface area contributed by atoms with Crippen LogP contribution in [0.5, 0.6) is 0 Å². The standard InChI is InChI=1S/C26H37N5O3S/c1-22-8-10-24(11-9-22)35(33,34)31-18-16-30(17-19-31)21-26(32)27-25(23-6-4-3-5-7-23)20-29-14-12-28(2)13-15-29/h3-11,25H,12-21H2,1-2H3,(H,27,32). The summed E-state index contributed by atoms with van der Waals surface area (Å²) in [6, 6.07) is 17.0. The Morgan fingerprint density at radius 2 is 1.46 bits per heavy atom. The normalized spacial score (nSPS) is 19.9. The molecule has 2 aliphatic heterocycles. The maximum absolute atomic E-state index is 13.0. The molecule has 0 aliphatic carbocycles. The highest BCUT2D eigenvalue weighted by atomic mass is 32.2. The molecule has 0 spiro atoms. The predicted molar refractivity (Wildman–Crippen MR) is 138 cm³/mol. The van der Waals surface area contributed by atoms with Gasteiger partial charge in [-0.3, -0.25) is 14.6 Å². The van der Waals surface area contributed by atoms with Gasteiger partial charge in [0.2, 0.25) is 15.9 Å². The van der Waals surface area contributed by atoms with Gasteiger partial charge in [-0.25, -0.2) is 8.42 Å². The van der Waals surface area contributed by atoms with Gasteiger partial charge in [0, 0.05) is 58.9 Å². The Morgan fingerprint density at radius 1 is 0.857 bits per heavy atom. The number of aryl methyl sites for hydroxylation is 1. The topological polar surface area (TPSA) is 76.2 Å². The number of likely N-dealkylation sites (N-methyl/N-ethyl adjacent to an activating group) is 1. The predicted octanol–water partition coefficient (Wildman–Crippen LogP) is 1.41. The van der Waals surface area contributed by atoms with Gasteiger partial charge in [0.1, 0.15) is 0 Å². The van der Waals surface area contributed by atoms with Gasteiger partial charge in [-0.15, -0.1) is 0 Å².